The standard InChI is InChI=1S/C8H17N.C2H6/c1-4-6-8-9(3)7-5-2;1-2/h4,6H,5,7-8H2,1-3H3;1-2H3/b6-4+;. The van der Waals surface area contributed by atoms with E-state index in [0.29, 0.717) is 0 Å². The highest BCUT2D eigenvalue weighted by atomic mass is 15.1. The number of likely N-dealkylation sites (N-methyl/N-ethyl adjacent to an activating group) is 1. The van der Waals surface area contributed by atoms with E-state index in [-0.39, 0.29) is 0 Å². The fourth-order valence-electron chi connectivity index (χ4n) is 0.758. The van der Waals surface area contributed by atoms with Crippen molar-refractivity contribution in [3.05, 3.63) is 12.2 Å². The molecule has 0 spiro atoms. The van der Waals surface area contributed by atoms with E-state index < -0.39 is 0 Å². The summed E-state index contributed by atoms with van der Waals surface area (Å²) in [4.78, 5) is 2.31. The summed E-state index contributed by atoms with van der Waals surface area (Å²) >= 11 is 0. The van der Waals surface area contributed by atoms with Crippen molar-refractivity contribution in [1.82, 2.24) is 4.90 Å². The Bertz CT molecular complexity index is 76.9. The van der Waals surface area contributed by atoms with E-state index in [1.807, 2.05) is 13.8 Å². The Balaban J connectivity index is 0. The van der Waals surface area contributed by atoms with E-state index in [0.717, 1.165) is 6.54 Å². The third kappa shape index (κ3) is 12.8. The summed E-state index contributed by atoms with van der Waals surface area (Å²) in [7, 11) is 2.14. The van der Waals surface area contributed by atoms with Crippen LogP contribution in [0.2, 0.25) is 0 Å². The monoisotopic (exact) mass is 157 g/mol. The molecule has 11 heavy (non-hydrogen) atoms. The molecule has 68 valence electrons. The summed E-state index contributed by atoms with van der Waals surface area (Å²) in [5.74, 6) is 0. The highest BCUT2D eigenvalue weighted by molar-refractivity contribution is 4.79. The van der Waals surface area contributed by atoms with Gasteiger partial charge in [-0.15, -0.1) is 0 Å². The molecule has 0 N–H and O–H groups in total. The van der Waals surface area contributed by atoms with Crippen LogP contribution in [0.5, 0.6) is 0 Å². The largest absolute Gasteiger partial charge is 0.303 e. The normalized spacial score (nSPS) is 10.0. The molecule has 0 saturated carbocycles. The summed E-state index contributed by atoms with van der Waals surface area (Å²) in [6.07, 6.45) is 5.51. The van der Waals surface area contributed by atoms with Crippen molar-refractivity contribution in [2.24, 2.45) is 0 Å². The molecule has 1 heteroatoms. The topological polar surface area (TPSA) is 3.24 Å². The third-order valence-electron chi connectivity index (χ3n) is 1.26. The van der Waals surface area contributed by atoms with E-state index in [4.69, 9.17) is 0 Å². The van der Waals surface area contributed by atoms with Gasteiger partial charge in [0.25, 0.3) is 0 Å². The lowest BCUT2D eigenvalue weighted by Crippen LogP contribution is -2.18. The van der Waals surface area contributed by atoms with Crippen LogP contribution < -0.4 is 0 Å². The molecular weight excluding hydrogens is 134 g/mol. The van der Waals surface area contributed by atoms with Crippen molar-refractivity contribution >= 4 is 0 Å². The second-order valence-electron chi connectivity index (χ2n) is 2.33. The molecule has 0 aliphatic carbocycles. The van der Waals surface area contributed by atoms with Crippen molar-refractivity contribution in [2.75, 3.05) is 20.1 Å². The molecule has 0 aliphatic heterocycles. The highest BCUT2D eigenvalue weighted by Crippen LogP contribution is 1.85. The van der Waals surface area contributed by atoms with Gasteiger partial charge in [-0.3, -0.25) is 0 Å². The van der Waals surface area contributed by atoms with Crippen LogP contribution in [0.15, 0.2) is 12.2 Å². The average molecular weight is 157 g/mol. The van der Waals surface area contributed by atoms with Crippen LogP contribution in [-0.2, 0) is 0 Å². The molecule has 0 aromatic rings. The SMILES string of the molecule is C/C=C/CN(C)CCC.CC. The van der Waals surface area contributed by atoms with Gasteiger partial charge in [-0.2, -0.15) is 0 Å². The number of rotatable bonds is 4. The lowest BCUT2D eigenvalue weighted by molar-refractivity contribution is 0.370. The van der Waals surface area contributed by atoms with Crippen LogP contribution in [0.25, 0.3) is 0 Å². The van der Waals surface area contributed by atoms with E-state index in [1.165, 1.54) is 13.0 Å². The summed E-state index contributed by atoms with van der Waals surface area (Å²) in [5.41, 5.74) is 0. The molecule has 0 bridgehead atoms. The second-order valence-corrected chi connectivity index (χ2v) is 2.33. The first kappa shape index (κ1) is 13.3. The summed E-state index contributed by atoms with van der Waals surface area (Å²) in [6.45, 7) is 10.5. The first-order valence-corrected chi connectivity index (χ1v) is 4.61. The highest BCUT2D eigenvalue weighted by Gasteiger charge is 1.89. The van der Waals surface area contributed by atoms with Crippen molar-refractivity contribution in [3.63, 3.8) is 0 Å². The van der Waals surface area contributed by atoms with E-state index >= 15 is 0 Å². The van der Waals surface area contributed by atoms with Gasteiger partial charge >= 0.3 is 0 Å². The molecule has 0 radical (unpaired) electrons. The second kappa shape index (κ2) is 12.4. The number of nitrogens with zero attached hydrogens (tertiary/aromatic N) is 1. The molecule has 0 rings (SSSR count). The van der Waals surface area contributed by atoms with Gasteiger partial charge in [0.05, 0.1) is 0 Å². The smallest absolute Gasteiger partial charge is 0.0160 e. The van der Waals surface area contributed by atoms with Gasteiger partial charge in [-0.1, -0.05) is 32.9 Å². The van der Waals surface area contributed by atoms with Crippen LogP contribution in [0.3, 0.4) is 0 Å². The minimum atomic E-state index is 1.09. The first-order valence-electron chi connectivity index (χ1n) is 4.61. The fourth-order valence-corrected chi connectivity index (χ4v) is 0.758. The summed E-state index contributed by atoms with van der Waals surface area (Å²) in [6, 6.07) is 0. The predicted molar refractivity (Wildman–Crippen MR) is 54.0 cm³/mol. The lowest BCUT2D eigenvalue weighted by Gasteiger charge is -2.11. The third-order valence-corrected chi connectivity index (χ3v) is 1.26. The first-order chi connectivity index (χ1) is 5.31. The molecular formula is C10H23N. The van der Waals surface area contributed by atoms with Gasteiger partial charge in [0, 0.05) is 6.54 Å². The lowest BCUT2D eigenvalue weighted by atomic mass is 10.4. The van der Waals surface area contributed by atoms with Crippen LogP contribution >= 0.6 is 0 Å². The predicted octanol–water partition coefficient (Wildman–Crippen LogP) is 2.93. The van der Waals surface area contributed by atoms with Gasteiger partial charge in [0.15, 0.2) is 0 Å². The Morgan fingerprint density at radius 2 is 1.82 bits per heavy atom. The molecule has 0 unspecified atom stereocenters. The van der Waals surface area contributed by atoms with Crippen molar-refractivity contribution in [1.29, 1.82) is 0 Å². The zero-order valence-corrected chi connectivity index (χ0v) is 8.72. The molecule has 0 aliphatic rings. The fraction of sp³-hybridized carbons (Fsp3) is 0.800. The van der Waals surface area contributed by atoms with Gasteiger partial charge in [0.2, 0.25) is 0 Å². The van der Waals surface area contributed by atoms with Crippen LogP contribution in [0.1, 0.15) is 34.1 Å². The van der Waals surface area contributed by atoms with Gasteiger partial charge in [-0.05, 0) is 26.9 Å². The minimum absolute atomic E-state index is 1.09. The average Bonchev–Trinajstić information content (AvgIpc) is 2.05. The van der Waals surface area contributed by atoms with E-state index in [9.17, 15) is 0 Å². The minimum Gasteiger partial charge on any atom is -0.303 e. The Hall–Kier alpha value is -0.300. The Labute approximate surface area is 72.1 Å². The number of hydrogen-bond donors (Lipinski definition) is 0. The summed E-state index contributed by atoms with van der Waals surface area (Å²) < 4.78 is 0. The maximum atomic E-state index is 2.31. The molecule has 0 atom stereocenters. The molecule has 0 amide bonds. The van der Waals surface area contributed by atoms with E-state index in [2.05, 4.69) is 37.9 Å². The van der Waals surface area contributed by atoms with Crippen LogP contribution in [0, 0.1) is 0 Å². The molecule has 0 fully saturated rings. The van der Waals surface area contributed by atoms with Crippen molar-refractivity contribution in [2.45, 2.75) is 34.1 Å². The maximum absolute atomic E-state index is 2.31. The Morgan fingerprint density at radius 3 is 2.18 bits per heavy atom. The van der Waals surface area contributed by atoms with Gasteiger partial charge in [0.1, 0.15) is 0 Å². The molecule has 1 nitrogen and oxygen atoms in total. The molecule has 0 heterocycles. The van der Waals surface area contributed by atoms with Crippen LogP contribution in [-0.4, -0.2) is 25.0 Å². The zero-order chi connectivity index (χ0) is 9.11. The Kier molecular flexibility index (Phi) is 15.0. The number of hydrogen-bond acceptors (Lipinski definition) is 1. The quantitative estimate of drug-likeness (QED) is 0.567. The van der Waals surface area contributed by atoms with Crippen molar-refractivity contribution in [3.8, 4) is 0 Å². The van der Waals surface area contributed by atoms with Crippen LogP contribution in [0.4, 0.5) is 0 Å². The molecule has 0 aromatic carbocycles. The molecule has 0 saturated heterocycles. The van der Waals surface area contributed by atoms with Gasteiger partial charge < -0.3 is 4.90 Å². The summed E-state index contributed by atoms with van der Waals surface area (Å²) in [5, 5.41) is 0. The molecule has 0 aromatic heterocycles. The number of allylic oxidation sites excluding steroid dienone is 1. The maximum Gasteiger partial charge on any atom is 0.0160 e. The van der Waals surface area contributed by atoms with Gasteiger partial charge in [-0.25, -0.2) is 0 Å². The van der Waals surface area contributed by atoms with Crippen molar-refractivity contribution < 1.29 is 0 Å². The Morgan fingerprint density at radius 1 is 1.27 bits per heavy atom. The van der Waals surface area contributed by atoms with E-state index in [1.54, 1.807) is 0 Å². The zero-order valence-electron chi connectivity index (χ0n) is 8.72.